The molecule has 2 N–H and O–H groups in total. The van der Waals surface area contributed by atoms with Crippen LogP contribution in [0.4, 0.5) is 5.69 Å². The van der Waals surface area contributed by atoms with Crippen LogP contribution >= 0.6 is 11.6 Å². The van der Waals surface area contributed by atoms with Crippen molar-refractivity contribution in [2.24, 2.45) is 0 Å². The Kier molecular flexibility index (Phi) is 4.29. The number of para-hydroxylation sites is 1. The van der Waals surface area contributed by atoms with Crippen molar-refractivity contribution >= 4 is 49.4 Å². The maximum absolute atomic E-state index is 12.5. The summed E-state index contributed by atoms with van der Waals surface area (Å²) in [6, 6.07) is 11.1. The molecule has 8 heteroatoms. The number of rotatable bonds is 4. The second-order valence-corrected chi connectivity index (χ2v) is 8.37. The van der Waals surface area contributed by atoms with Crippen molar-refractivity contribution in [3.05, 3.63) is 53.7 Å². The van der Waals surface area contributed by atoms with Gasteiger partial charge in [0.05, 0.1) is 21.1 Å². The van der Waals surface area contributed by atoms with Crippen LogP contribution in [-0.2, 0) is 21.2 Å². The van der Waals surface area contributed by atoms with Gasteiger partial charge in [0.1, 0.15) is 6.26 Å². The van der Waals surface area contributed by atoms with Gasteiger partial charge in [0.25, 0.3) is 10.0 Å². The van der Waals surface area contributed by atoms with Crippen LogP contribution < -0.4 is 4.72 Å². The number of nitrogens with one attached hydrogen (secondary N) is 2. The molecule has 1 unspecified atom stereocenters. The lowest BCUT2D eigenvalue weighted by Gasteiger charge is -2.10. The Morgan fingerprint density at radius 3 is 2.52 bits per heavy atom. The number of aromatic nitrogens is 1. The first-order chi connectivity index (χ1) is 10.9. The Bertz CT molecular complexity index is 951. The summed E-state index contributed by atoms with van der Waals surface area (Å²) < 4.78 is 38.9. The third-order valence-electron chi connectivity index (χ3n) is 3.38. The Hall–Kier alpha value is -1.67. The van der Waals surface area contributed by atoms with E-state index in [1.165, 1.54) is 30.5 Å². The zero-order chi connectivity index (χ0) is 16.6. The van der Waals surface area contributed by atoms with Gasteiger partial charge in [0.2, 0.25) is 0 Å². The quantitative estimate of drug-likeness (QED) is 0.692. The first-order valence-electron chi connectivity index (χ1n) is 6.60. The van der Waals surface area contributed by atoms with Crippen LogP contribution in [-0.4, -0.2) is 24.2 Å². The highest BCUT2D eigenvalue weighted by Crippen LogP contribution is 2.29. The van der Waals surface area contributed by atoms with Gasteiger partial charge in [-0.05, 0) is 41.5 Å². The summed E-state index contributed by atoms with van der Waals surface area (Å²) in [6.07, 6.45) is 3.15. The summed E-state index contributed by atoms with van der Waals surface area (Å²) in [7, 11) is -3.75. The molecule has 23 heavy (non-hydrogen) atoms. The number of hydrogen-bond acceptors (Lipinski definition) is 3. The van der Waals surface area contributed by atoms with E-state index in [4.69, 9.17) is 11.6 Å². The minimum absolute atomic E-state index is 0.0985. The molecule has 1 heterocycles. The lowest BCUT2D eigenvalue weighted by molar-refractivity contribution is 0.598. The van der Waals surface area contributed by atoms with E-state index >= 15 is 0 Å². The van der Waals surface area contributed by atoms with Crippen LogP contribution in [0.3, 0.4) is 0 Å². The zero-order valence-corrected chi connectivity index (χ0v) is 14.4. The van der Waals surface area contributed by atoms with E-state index in [9.17, 15) is 13.0 Å². The van der Waals surface area contributed by atoms with Crippen molar-refractivity contribution in [1.82, 2.24) is 4.98 Å². The van der Waals surface area contributed by atoms with Crippen LogP contribution in [0.25, 0.3) is 10.9 Å². The average molecular weight is 369 g/mol. The number of benzene rings is 2. The molecule has 3 aromatic rings. The number of anilines is 1. The summed E-state index contributed by atoms with van der Waals surface area (Å²) in [5.74, 6) is 0. The predicted molar refractivity (Wildman–Crippen MR) is 92.9 cm³/mol. The maximum Gasteiger partial charge on any atom is 0.261 e. The third kappa shape index (κ3) is 3.18. The number of halogens is 1. The highest BCUT2D eigenvalue weighted by molar-refractivity contribution is 7.92. The van der Waals surface area contributed by atoms with Crippen molar-refractivity contribution in [3.8, 4) is 0 Å². The van der Waals surface area contributed by atoms with Gasteiger partial charge in [-0.2, -0.15) is 0 Å². The van der Waals surface area contributed by atoms with E-state index in [0.29, 0.717) is 21.1 Å². The topological polar surface area (TPSA) is 85.0 Å². The van der Waals surface area contributed by atoms with E-state index < -0.39 is 21.2 Å². The molecule has 0 aliphatic carbocycles. The minimum atomic E-state index is -3.75. The van der Waals surface area contributed by atoms with Crippen LogP contribution in [0.5, 0.6) is 0 Å². The number of sulfonamides is 1. The van der Waals surface area contributed by atoms with Crippen LogP contribution in [0.2, 0.25) is 5.02 Å². The van der Waals surface area contributed by atoms with Gasteiger partial charge >= 0.3 is 0 Å². The fraction of sp³-hybridized carbons (Fsp3) is 0.0667. The average Bonchev–Trinajstić information content (AvgIpc) is 2.90. The fourth-order valence-corrected chi connectivity index (χ4v) is 4.02. The summed E-state index contributed by atoms with van der Waals surface area (Å²) in [5, 5.41) is 1.26. The van der Waals surface area contributed by atoms with Gasteiger partial charge < -0.3 is 9.54 Å². The van der Waals surface area contributed by atoms with E-state index in [-0.39, 0.29) is 4.90 Å². The molecule has 0 bridgehead atoms. The van der Waals surface area contributed by atoms with E-state index in [2.05, 4.69) is 9.71 Å². The Balaban J connectivity index is 1.96. The minimum Gasteiger partial charge on any atom is -0.612 e. The molecule has 3 rings (SSSR count). The highest BCUT2D eigenvalue weighted by Gasteiger charge is 2.17. The molecular formula is C15H13ClN2O3S2. The standard InChI is InChI=1S/C15H13ClN2O3S2/c1-22(19)10-5-7-11(8-6-10)23(20,21)18-14-4-2-3-12-13(16)9-17-15(12)14/h2-9,17-18H,1H3. The van der Waals surface area contributed by atoms with Crippen LogP contribution in [0, 0.1) is 0 Å². The normalized spacial score (nSPS) is 13.2. The molecule has 0 fully saturated rings. The lowest BCUT2D eigenvalue weighted by atomic mass is 10.2. The SMILES string of the molecule is C[S+]([O-])c1ccc(S(=O)(=O)Nc2cccc3c(Cl)c[nH]c23)cc1. The van der Waals surface area contributed by atoms with Gasteiger partial charge in [-0.1, -0.05) is 23.7 Å². The summed E-state index contributed by atoms with van der Waals surface area (Å²) in [4.78, 5) is 3.63. The molecule has 5 nitrogen and oxygen atoms in total. The van der Waals surface area contributed by atoms with Gasteiger partial charge in [-0.3, -0.25) is 4.72 Å². The summed E-state index contributed by atoms with van der Waals surface area (Å²) in [6.45, 7) is 0. The van der Waals surface area contributed by atoms with Crippen molar-refractivity contribution in [3.63, 3.8) is 0 Å². The largest absolute Gasteiger partial charge is 0.612 e. The summed E-state index contributed by atoms with van der Waals surface area (Å²) >= 11 is 4.89. The molecule has 0 saturated carbocycles. The van der Waals surface area contributed by atoms with E-state index in [1.54, 1.807) is 24.4 Å². The highest BCUT2D eigenvalue weighted by atomic mass is 35.5. The maximum atomic E-state index is 12.5. The van der Waals surface area contributed by atoms with Crippen molar-refractivity contribution < 1.29 is 13.0 Å². The fourth-order valence-electron chi connectivity index (χ4n) is 2.22. The molecule has 1 aromatic heterocycles. The first kappa shape index (κ1) is 16.2. The molecule has 0 spiro atoms. The molecule has 0 aliphatic rings. The van der Waals surface area contributed by atoms with Gasteiger partial charge in [0, 0.05) is 11.6 Å². The molecule has 0 aliphatic heterocycles. The molecule has 2 aromatic carbocycles. The van der Waals surface area contributed by atoms with Gasteiger partial charge in [-0.15, -0.1) is 0 Å². The molecule has 120 valence electrons. The van der Waals surface area contributed by atoms with Crippen molar-refractivity contribution in [2.45, 2.75) is 9.79 Å². The predicted octanol–water partition coefficient (Wildman–Crippen LogP) is 3.36. The van der Waals surface area contributed by atoms with E-state index in [1.807, 2.05) is 0 Å². The van der Waals surface area contributed by atoms with Crippen molar-refractivity contribution in [2.75, 3.05) is 11.0 Å². The monoisotopic (exact) mass is 368 g/mol. The van der Waals surface area contributed by atoms with Crippen molar-refractivity contribution in [1.29, 1.82) is 0 Å². The first-order valence-corrected chi connectivity index (χ1v) is 10.0. The van der Waals surface area contributed by atoms with E-state index in [0.717, 1.165) is 5.39 Å². The second kappa shape index (κ2) is 6.09. The number of H-pyrrole nitrogens is 1. The molecular weight excluding hydrogens is 356 g/mol. The Morgan fingerprint density at radius 1 is 1.17 bits per heavy atom. The smallest absolute Gasteiger partial charge is 0.261 e. The second-order valence-electron chi connectivity index (χ2n) is 4.90. The lowest BCUT2D eigenvalue weighted by Crippen LogP contribution is -2.13. The Labute approximate surface area is 141 Å². The molecule has 0 radical (unpaired) electrons. The number of fused-ring (bicyclic) bond motifs is 1. The molecule has 0 amide bonds. The molecule has 1 atom stereocenters. The number of aromatic amines is 1. The van der Waals surface area contributed by atoms with Gasteiger partial charge in [0.15, 0.2) is 4.90 Å². The third-order valence-corrected chi connectivity index (χ3v) is 6.01. The summed E-state index contributed by atoms with van der Waals surface area (Å²) in [5.41, 5.74) is 1.03. The zero-order valence-electron chi connectivity index (χ0n) is 12.0. The molecule has 0 saturated heterocycles. The number of hydrogen-bond donors (Lipinski definition) is 2. The van der Waals surface area contributed by atoms with Gasteiger partial charge in [-0.25, -0.2) is 8.42 Å². The van der Waals surface area contributed by atoms with Crippen LogP contribution in [0.1, 0.15) is 0 Å². The Morgan fingerprint density at radius 2 is 1.87 bits per heavy atom. The van der Waals surface area contributed by atoms with Crippen LogP contribution in [0.15, 0.2) is 58.5 Å².